The molecule has 0 aliphatic carbocycles. The van der Waals surface area contributed by atoms with Gasteiger partial charge in [0.25, 0.3) is 0 Å². The van der Waals surface area contributed by atoms with Crippen molar-refractivity contribution in [2.24, 2.45) is 0 Å². The minimum Gasteiger partial charge on any atom is -0.171 e. The van der Waals surface area contributed by atoms with Crippen molar-refractivity contribution < 1.29 is 13.2 Å². The van der Waals surface area contributed by atoms with Crippen LogP contribution in [-0.2, 0) is 5.41 Å². The van der Waals surface area contributed by atoms with Crippen LogP contribution in [0.5, 0.6) is 0 Å². The number of hydrogen-bond donors (Lipinski definition) is 0. The molecule has 4 heteroatoms. The van der Waals surface area contributed by atoms with Crippen LogP contribution in [0, 0.1) is 5.38 Å². The fourth-order valence-electron chi connectivity index (χ4n) is 1.46. The molecular formula is C11H14F3S. The smallest absolute Gasteiger partial charge is 0.171 e. The molecule has 1 aromatic heterocycles. The maximum absolute atomic E-state index is 12.0. The Morgan fingerprint density at radius 2 is 1.93 bits per heavy atom. The summed E-state index contributed by atoms with van der Waals surface area (Å²) in [5.74, 6) is 0. The molecule has 1 heterocycles. The molecule has 15 heavy (non-hydrogen) atoms. The van der Waals surface area contributed by atoms with Gasteiger partial charge in [-0.25, -0.2) is 0 Å². The van der Waals surface area contributed by atoms with Crippen molar-refractivity contribution in [3.05, 3.63) is 22.4 Å². The standard InChI is InChI=1S/C11H14F3S/c1-10(2,9-5-3-8-15-9)6-4-7-11(12,13)14/h3,5H,4,6-7H2,1-2H3. The highest BCUT2D eigenvalue weighted by molar-refractivity contribution is 7.09. The molecule has 85 valence electrons. The highest BCUT2D eigenvalue weighted by Crippen LogP contribution is 2.33. The number of alkyl halides is 3. The van der Waals surface area contributed by atoms with Crippen LogP contribution in [0.4, 0.5) is 13.2 Å². The van der Waals surface area contributed by atoms with Gasteiger partial charge in [0.15, 0.2) is 0 Å². The van der Waals surface area contributed by atoms with Crippen LogP contribution in [0.25, 0.3) is 0 Å². The molecule has 0 atom stereocenters. The van der Waals surface area contributed by atoms with Gasteiger partial charge < -0.3 is 0 Å². The molecule has 0 bridgehead atoms. The Hall–Kier alpha value is -0.510. The van der Waals surface area contributed by atoms with Crippen LogP contribution in [0.15, 0.2) is 12.1 Å². The maximum Gasteiger partial charge on any atom is 0.389 e. The largest absolute Gasteiger partial charge is 0.389 e. The first-order chi connectivity index (χ1) is 6.81. The van der Waals surface area contributed by atoms with Crippen LogP contribution < -0.4 is 0 Å². The number of thiophene rings is 1. The first kappa shape index (κ1) is 12.6. The van der Waals surface area contributed by atoms with Crippen LogP contribution >= 0.6 is 11.3 Å². The molecule has 0 spiro atoms. The van der Waals surface area contributed by atoms with Crippen LogP contribution in [0.2, 0.25) is 0 Å². The minimum atomic E-state index is -4.03. The molecule has 0 aliphatic rings. The van der Waals surface area contributed by atoms with Crippen LogP contribution in [-0.4, -0.2) is 6.18 Å². The summed E-state index contributed by atoms with van der Waals surface area (Å²) < 4.78 is 35.9. The van der Waals surface area contributed by atoms with Gasteiger partial charge in [-0.2, -0.15) is 13.2 Å². The molecule has 0 aromatic carbocycles. The van der Waals surface area contributed by atoms with E-state index in [1.54, 1.807) is 0 Å². The average molecular weight is 235 g/mol. The van der Waals surface area contributed by atoms with Crippen LogP contribution in [0.1, 0.15) is 38.0 Å². The lowest BCUT2D eigenvalue weighted by Gasteiger charge is -2.23. The third-order valence-electron chi connectivity index (χ3n) is 2.40. The molecule has 1 aromatic rings. The van der Waals surface area contributed by atoms with E-state index >= 15 is 0 Å². The van der Waals surface area contributed by atoms with Gasteiger partial charge in [-0.05, 0) is 30.4 Å². The van der Waals surface area contributed by atoms with E-state index in [2.05, 4.69) is 5.38 Å². The zero-order valence-electron chi connectivity index (χ0n) is 8.82. The molecule has 0 aliphatic heterocycles. The average Bonchev–Trinajstić information content (AvgIpc) is 2.52. The zero-order chi connectivity index (χ0) is 11.5. The van der Waals surface area contributed by atoms with E-state index in [9.17, 15) is 13.2 Å². The summed E-state index contributed by atoms with van der Waals surface area (Å²) in [5, 5.41) is 2.96. The summed E-state index contributed by atoms with van der Waals surface area (Å²) in [6.45, 7) is 3.95. The lowest BCUT2D eigenvalue weighted by atomic mass is 9.85. The second-order valence-electron chi connectivity index (χ2n) is 4.27. The van der Waals surface area contributed by atoms with Crippen molar-refractivity contribution in [2.45, 2.75) is 44.7 Å². The molecular weight excluding hydrogens is 221 g/mol. The van der Waals surface area contributed by atoms with E-state index in [1.165, 1.54) is 11.3 Å². The summed E-state index contributed by atoms with van der Waals surface area (Å²) >= 11 is 1.48. The number of halogens is 3. The van der Waals surface area contributed by atoms with E-state index in [1.807, 2.05) is 26.0 Å². The first-order valence-corrected chi connectivity index (χ1v) is 5.66. The SMILES string of the molecule is CC(C)(CCCC(F)(F)F)c1cc[c]s1. The maximum atomic E-state index is 12.0. The summed E-state index contributed by atoms with van der Waals surface area (Å²) in [7, 11) is 0. The molecule has 0 fully saturated rings. The summed E-state index contributed by atoms with van der Waals surface area (Å²) in [6.07, 6.45) is -3.97. The second kappa shape index (κ2) is 4.56. The number of hydrogen-bond acceptors (Lipinski definition) is 1. The quantitative estimate of drug-likeness (QED) is 0.717. The summed E-state index contributed by atoms with van der Waals surface area (Å²) in [5.41, 5.74) is -0.171. The van der Waals surface area contributed by atoms with E-state index in [0.29, 0.717) is 6.42 Å². The van der Waals surface area contributed by atoms with Gasteiger partial charge in [0.1, 0.15) is 0 Å². The second-order valence-corrected chi connectivity index (χ2v) is 5.15. The number of rotatable bonds is 4. The topological polar surface area (TPSA) is 0 Å². The fourth-order valence-corrected chi connectivity index (χ4v) is 2.24. The van der Waals surface area contributed by atoms with Crippen molar-refractivity contribution in [2.75, 3.05) is 0 Å². The third kappa shape index (κ3) is 4.24. The Morgan fingerprint density at radius 1 is 1.27 bits per heavy atom. The van der Waals surface area contributed by atoms with Crippen molar-refractivity contribution in [1.29, 1.82) is 0 Å². The van der Waals surface area contributed by atoms with Crippen LogP contribution in [0.3, 0.4) is 0 Å². The van der Waals surface area contributed by atoms with Crippen molar-refractivity contribution in [3.63, 3.8) is 0 Å². The Morgan fingerprint density at radius 3 is 2.40 bits per heavy atom. The first-order valence-electron chi connectivity index (χ1n) is 4.84. The molecule has 0 saturated carbocycles. The van der Waals surface area contributed by atoms with Gasteiger partial charge in [-0.15, -0.1) is 11.3 Å². The van der Waals surface area contributed by atoms with Gasteiger partial charge in [0.2, 0.25) is 0 Å². The van der Waals surface area contributed by atoms with E-state index < -0.39 is 12.6 Å². The Bertz CT molecular complexity index is 285. The Labute approximate surface area is 92.1 Å². The summed E-state index contributed by atoms with van der Waals surface area (Å²) in [4.78, 5) is 1.10. The minimum absolute atomic E-state index is 0.171. The molecule has 0 nitrogen and oxygen atoms in total. The third-order valence-corrected chi connectivity index (χ3v) is 3.56. The lowest BCUT2D eigenvalue weighted by molar-refractivity contribution is -0.136. The Kier molecular flexibility index (Phi) is 3.82. The van der Waals surface area contributed by atoms with Crippen molar-refractivity contribution in [1.82, 2.24) is 0 Å². The van der Waals surface area contributed by atoms with E-state index in [-0.39, 0.29) is 11.8 Å². The zero-order valence-corrected chi connectivity index (χ0v) is 9.63. The Balaban J connectivity index is 2.44. The highest BCUT2D eigenvalue weighted by atomic mass is 32.1. The fraction of sp³-hybridized carbons (Fsp3) is 0.636. The van der Waals surface area contributed by atoms with Gasteiger partial charge in [-0.1, -0.05) is 13.8 Å². The molecule has 1 rings (SSSR count). The molecule has 1 radical (unpaired) electrons. The summed E-state index contributed by atoms with van der Waals surface area (Å²) in [6, 6.07) is 3.74. The molecule has 0 saturated heterocycles. The van der Waals surface area contributed by atoms with Gasteiger partial charge in [0.05, 0.1) is 0 Å². The van der Waals surface area contributed by atoms with E-state index in [0.717, 1.165) is 4.88 Å². The highest BCUT2D eigenvalue weighted by Gasteiger charge is 2.29. The lowest BCUT2D eigenvalue weighted by Crippen LogP contribution is -2.17. The predicted molar refractivity (Wildman–Crippen MR) is 56.1 cm³/mol. The molecule has 0 N–H and O–H groups in total. The van der Waals surface area contributed by atoms with Gasteiger partial charge >= 0.3 is 6.18 Å². The van der Waals surface area contributed by atoms with Crippen molar-refractivity contribution >= 4 is 11.3 Å². The van der Waals surface area contributed by atoms with Crippen molar-refractivity contribution in [3.8, 4) is 0 Å². The monoisotopic (exact) mass is 235 g/mol. The normalized spacial score (nSPS) is 13.1. The predicted octanol–water partition coefficient (Wildman–Crippen LogP) is 4.56. The van der Waals surface area contributed by atoms with Gasteiger partial charge in [-0.3, -0.25) is 0 Å². The van der Waals surface area contributed by atoms with Gasteiger partial charge in [0, 0.05) is 16.7 Å². The van der Waals surface area contributed by atoms with E-state index in [4.69, 9.17) is 0 Å². The molecule has 0 amide bonds. The molecule has 0 unspecified atom stereocenters.